The summed E-state index contributed by atoms with van der Waals surface area (Å²) in [7, 11) is 0. The van der Waals surface area contributed by atoms with Crippen LogP contribution in [-0.2, 0) is 6.42 Å². The van der Waals surface area contributed by atoms with Gasteiger partial charge in [0.1, 0.15) is 11.5 Å². The fourth-order valence-corrected chi connectivity index (χ4v) is 2.60. The van der Waals surface area contributed by atoms with Crippen molar-refractivity contribution in [2.45, 2.75) is 58.8 Å². The highest BCUT2D eigenvalue weighted by Crippen LogP contribution is 2.20. The normalized spacial score (nSPS) is 13.5. The molecule has 0 saturated heterocycles. The molecule has 29 heavy (non-hydrogen) atoms. The predicted molar refractivity (Wildman–Crippen MR) is 128 cm³/mol. The quantitative estimate of drug-likeness (QED) is 0.250. The maximum Gasteiger partial charge on any atom is 0.191 e. The number of guanidine groups is 1. The first-order valence-corrected chi connectivity index (χ1v) is 9.99. The Balaban J connectivity index is 0.00000420. The number of furan rings is 1. The molecule has 2 aromatic rings. The lowest BCUT2D eigenvalue weighted by Gasteiger charge is -2.18. The van der Waals surface area contributed by atoms with Gasteiger partial charge in [0.2, 0.25) is 0 Å². The van der Waals surface area contributed by atoms with Crippen LogP contribution in [0, 0.1) is 0 Å². The molecule has 0 aliphatic heterocycles. The molecule has 1 heterocycles. The van der Waals surface area contributed by atoms with Gasteiger partial charge in [0.05, 0.1) is 25.0 Å². The third-order valence-electron chi connectivity index (χ3n) is 4.28. The number of hydrogen-bond donors (Lipinski definition) is 3. The highest BCUT2D eigenvalue weighted by Gasteiger charge is 2.10. The van der Waals surface area contributed by atoms with E-state index in [2.05, 4.69) is 29.5 Å². The molecule has 1 aromatic carbocycles. The monoisotopic (exact) mass is 515 g/mol. The van der Waals surface area contributed by atoms with Crippen LogP contribution >= 0.6 is 24.0 Å². The Hall–Kier alpha value is -1.74. The molecule has 0 aliphatic carbocycles. The molecule has 0 radical (unpaired) electrons. The summed E-state index contributed by atoms with van der Waals surface area (Å²) in [5, 5.41) is 17.2. The van der Waals surface area contributed by atoms with Gasteiger partial charge in [-0.25, -0.2) is 0 Å². The van der Waals surface area contributed by atoms with Crippen LogP contribution in [-0.4, -0.2) is 36.3 Å². The molecule has 0 saturated carbocycles. The molecule has 0 aliphatic rings. The fourth-order valence-electron chi connectivity index (χ4n) is 2.60. The molecule has 2 rings (SSSR count). The van der Waals surface area contributed by atoms with E-state index in [9.17, 15) is 5.11 Å². The maximum atomic E-state index is 10.6. The smallest absolute Gasteiger partial charge is 0.191 e. The van der Waals surface area contributed by atoms with E-state index in [1.165, 1.54) is 0 Å². The summed E-state index contributed by atoms with van der Waals surface area (Å²) in [6, 6.07) is 11.7. The van der Waals surface area contributed by atoms with Crippen LogP contribution in [0.3, 0.4) is 0 Å². The molecule has 0 fully saturated rings. The minimum absolute atomic E-state index is 0. The Labute approximate surface area is 191 Å². The van der Waals surface area contributed by atoms with Gasteiger partial charge < -0.3 is 24.9 Å². The van der Waals surface area contributed by atoms with Crippen molar-refractivity contribution in [1.82, 2.24) is 10.6 Å². The van der Waals surface area contributed by atoms with Gasteiger partial charge in [0.25, 0.3) is 0 Å². The van der Waals surface area contributed by atoms with Crippen LogP contribution in [0.15, 0.2) is 52.1 Å². The molecular weight excluding hydrogens is 481 g/mol. The van der Waals surface area contributed by atoms with Gasteiger partial charge in [0, 0.05) is 19.0 Å². The van der Waals surface area contributed by atoms with Crippen molar-refractivity contribution in [1.29, 1.82) is 0 Å². The van der Waals surface area contributed by atoms with Crippen LogP contribution in [0.4, 0.5) is 0 Å². The van der Waals surface area contributed by atoms with Gasteiger partial charge in [0.15, 0.2) is 5.96 Å². The van der Waals surface area contributed by atoms with Crippen molar-refractivity contribution in [2.75, 3.05) is 13.1 Å². The topological polar surface area (TPSA) is 79.0 Å². The largest absolute Gasteiger partial charge is 0.491 e. The van der Waals surface area contributed by atoms with Crippen molar-refractivity contribution in [3.05, 3.63) is 54.0 Å². The number of aliphatic hydroxyl groups is 1. The van der Waals surface area contributed by atoms with Crippen molar-refractivity contribution in [3.63, 3.8) is 0 Å². The van der Waals surface area contributed by atoms with Gasteiger partial charge in [-0.3, -0.25) is 4.99 Å². The summed E-state index contributed by atoms with van der Waals surface area (Å²) in [6.07, 6.45) is 2.82. The van der Waals surface area contributed by atoms with E-state index in [1.807, 2.05) is 50.2 Å². The summed E-state index contributed by atoms with van der Waals surface area (Å²) in [5.74, 6) is 2.37. The van der Waals surface area contributed by atoms with Gasteiger partial charge >= 0.3 is 0 Å². The van der Waals surface area contributed by atoms with Gasteiger partial charge in [-0.05, 0) is 57.0 Å². The van der Waals surface area contributed by atoms with Crippen LogP contribution in [0.1, 0.15) is 51.5 Å². The lowest BCUT2D eigenvalue weighted by molar-refractivity contribution is 0.185. The van der Waals surface area contributed by atoms with Crippen LogP contribution in [0.25, 0.3) is 0 Å². The SMILES string of the molecule is CCC(C)NC(=NCC(O)c1cccc(OC(C)C)c1)NCCc1ccco1.I. The van der Waals surface area contributed by atoms with Crippen molar-refractivity contribution < 1.29 is 14.3 Å². The van der Waals surface area contributed by atoms with Crippen LogP contribution in [0.2, 0.25) is 0 Å². The van der Waals surface area contributed by atoms with E-state index >= 15 is 0 Å². The zero-order chi connectivity index (χ0) is 20.4. The molecule has 2 unspecified atom stereocenters. The number of nitrogens with zero attached hydrogens (tertiary/aromatic N) is 1. The molecule has 0 bridgehead atoms. The summed E-state index contributed by atoms with van der Waals surface area (Å²) < 4.78 is 11.1. The Kier molecular flexibility index (Phi) is 11.8. The first-order valence-electron chi connectivity index (χ1n) is 9.99. The second-order valence-electron chi connectivity index (χ2n) is 7.15. The molecule has 2 atom stereocenters. The number of ether oxygens (including phenoxy) is 1. The van der Waals surface area contributed by atoms with E-state index < -0.39 is 6.10 Å². The van der Waals surface area contributed by atoms with Crippen molar-refractivity contribution >= 4 is 29.9 Å². The molecule has 0 spiro atoms. The molecular formula is C22H34IN3O3. The second-order valence-corrected chi connectivity index (χ2v) is 7.15. The minimum Gasteiger partial charge on any atom is -0.491 e. The van der Waals surface area contributed by atoms with Crippen LogP contribution < -0.4 is 15.4 Å². The zero-order valence-corrected chi connectivity index (χ0v) is 20.1. The second kappa shape index (κ2) is 13.5. The molecule has 162 valence electrons. The van der Waals surface area contributed by atoms with Gasteiger partial charge in [-0.15, -0.1) is 24.0 Å². The Bertz CT molecular complexity index is 720. The van der Waals surface area contributed by atoms with Crippen molar-refractivity contribution in [3.8, 4) is 5.75 Å². The third-order valence-corrected chi connectivity index (χ3v) is 4.28. The summed E-state index contributed by atoms with van der Waals surface area (Å²) in [6.45, 7) is 9.14. The number of rotatable bonds is 10. The lowest BCUT2D eigenvalue weighted by Crippen LogP contribution is -2.43. The number of benzene rings is 1. The Morgan fingerprint density at radius 3 is 2.66 bits per heavy atom. The van der Waals surface area contributed by atoms with Crippen molar-refractivity contribution in [2.24, 2.45) is 4.99 Å². The minimum atomic E-state index is -0.698. The number of halogens is 1. The zero-order valence-electron chi connectivity index (χ0n) is 17.7. The third kappa shape index (κ3) is 9.54. The molecule has 1 aromatic heterocycles. The molecule has 3 N–H and O–H groups in total. The maximum absolute atomic E-state index is 10.6. The summed E-state index contributed by atoms with van der Waals surface area (Å²) in [4.78, 5) is 4.57. The molecule has 0 amide bonds. The van der Waals surface area contributed by atoms with E-state index in [4.69, 9.17) is 9.15 Å². The highest BCUT2D eigenvalue weighted by atomic mass is 127. The average Bonchev–Trinajstić information content (AvgIpc) is 3.18. The highest BCUT2D eigenvalue weighted by molar-refractivity contribution is 14.0. The van der Waals surface area contributed by atoms with E-state index in [-0.39, 0.29) is 42.7 Å². The van der Waals surface area contributed by atoms with E-state index in [0.717, 1.165) is 29.9 Å². The first kappa shape index (κ1) is 25.3. The number of hydrogen-bond acceptors (Lipinski definition) is 4. The predicted octanol–water partition coefficient (Wildman–Crippen LogP) is 4.29. The molecule has 7 heteroatoms. The summed E-state index contributed by atoms with van der Waals surface area (Å²) in [5.41, 5.74) is 0.792. The van der Waals surface area contributed by atoms with E-state index in [1.54, 1.807) is 6.26 Å². The first-order chi connectivity index (χ1) is 13.5. The number of aliphatic hydroxyl groups excluding tert-OH is 1. The number of nitrogens with one attached hydrogen (secondary N) is 2. The Morgan fingerprint density at radius 2 is 2.00 bits per heavy atom. The average molecular weight is 515 g/mol. The standard InChI is InChI=1S/C22H33N3O3.HI/c1-5-17(4)25-22(23-12-11-19-10-7-13-27-19)24-15-21(26)18-8-6-9-20(14-18)28-16(2)3;/h6-10,13-14,16-17,21,26H,5,11-12,15H2,1-4H3,(H2,23,24,25);1H. The Morgan fingerprint density at radius 1 is 1.21 bits per heavy atom. The fraction of sp³-hybridized carbons (Fsp3) is 0.500. The van der Waals surface area contributed by atoms with Crippen LogP contribution in [0.5, 0.6) is 5.75 Å². The summed E-state index contributed by atoms with van der Waals surface area (Å²) >= 11 is 0. The van der Waals surface area contributed by atoms with Gasteiger partial charge in [-0.2, -0.15) is 0 Å². The van der Waals surface area contributed by atoms with E-state index in [0.29, 0.717) is 12.5 Å². The number of aliphatic imine (C=N–C) groups is 1. The lowest BCUT2D eigenvalue weighted by atomic mass is 10.1. The molecule has 6 nitrogen and oxygen atoms in total. The van der Waals surface area contributed by atoms with Gasteiger partial charge in [-0.1, -0.05) is 19.1 Å².